The van der Waals surface area contributed by atoms with E-state index in [1.54, 1.807) is 27.0 Å². The van der Waals surface area contributed by atoms with E-state index in [0.717, 1.165) is 34.8 Å². The molecule has 3 amide bonds. The van der Waals surface area contributed by atoms with Crippen LogP contribution in [-0.2, 0) is 45.5 Å². The smallest absolute Gasteiger partial charge is 0.408 e. The molecule has 2 unspecified atom stereocenters. The summed E-state index contributed by atoms with van der Waals surface area (Å²) >= 11 is 0. The number of nitrogens with one attached hydrogen (secondary N) is 4. The third-order valence-corrected chi connectivity index (χ3v) is 12.7. The Morgan fingerprint density at radius 3 is 2.35 bits per heavy atom. The van der Waals surface area contributed by atoms with Crippen LogP contribution in [0.3, 0.4) is 0 Å². The molecule has 2 aromatic carbocycles. The molecule has 0 saturated carbocycles. The number of anilines is 1. The number of amides is 3. The summed E-state index contributed by atoms with van der Waals surface area (Å²) in [6.07, 6.45) is 1.40. The molecule has 14 heteroatoms. The lowest BCUT2D eigenvalue weighted by atomic mass is 9.74. The molecule has 3 heterocycles. The molecule has 2 aliphatic heterocycles. The van der Waals surface area contributed by atoms with Crippen molar-refractivity contribution < 1.29 is 37.1 Å². The molecule has 1 aromatic heterocycles. The first-order valence-corrected chi connectivity index (χ1v) is 18.6. The van der Waals surface area contributed by atoms with Gasteiger partial charge in [-0.1, -0.05) is 36.4 Å². The van der Waals surface area contributed by atoms with Crippen LogP contribution in [0.4, 0.5) is 10.5 Å². The molecule has 0 radical (unpaired) electrons. The lowest BCUT2D eigenvalue weighted by Gasteiger charge is -2.47. The summed E-state index contributed by atoms with van der Waals surface area (Å²) < 4.78 is 37.6. The van der Waals surface area contributed by atoms with Gasteiger partial charge < -0.3 is 35.3 Å². The minimum absolute atomic E-state index is 0.0102. The minimum Gasteiger partial charge on any atom is -0.468 e. The van der Waals surface area contributed by atoms with E-state index in [2.05, 4.69) is 20.9 Å². The fourth-order valence-electron chi connectivity index (χ4n) is 7.00. The van der Waals surface area contributed by atoms with E-state index in [1.807, 2.05) is 48.5 Å². The van der Waals surface area contributed by atoms with E-state index in [4.69, 9.17) is 9.47 Å². The van der Waals surface area contributed by atoms with Gasteiger partial charge in [-0.05, 0) is 84.6 Å². The number of carbonyl (C=O) groups excluding carboxylic acids is 4. The molecule has 3 aromatic rings. The predicted octanol–water partition coefficient (Wildman–Crippen LogP) is 4.18. The van der Waals surface area contributed by atoms with E-state index in [0.29, 0.717) is 13.0 Å². The molecule has 5 rings (SSSR count). The zero-order valence-corrected chi connectivity index (χ0v) is 31.3. The number of para-hydroxylation sites is 2. The Balaban J connectivity index is 1.54. The van der Waals surface area contributed by atoms with Crippen LogP contribution in [0, 0.1) is 0 Å². The number of ether oxygens (including phenoxy) is 2. The van der Waals surface area contributed by atoms with E-state index < -0.39 is 66.4 Å². The van der Waals surface area contributed by atoms with E-state index in [-0.39, 0.29) is 19.4 Å². The number of piperidine rings is 1. The van der Waals surface area contributed by atoms with Gasteiger partial charge in [0.25, 0.3) is 0 Å². The van der Waals surface area contributed by atoms with Crippen molar-refractivity contribution in [3.63, 3.8) is 0 Å². The quantitative estimate of drug-likeness (QED) is 0.236. The van der Waals surface area contributed by atoms with E-state index >= 15 is 0 Å². The van der Waals surface area contributed by atoms with Gasteiger partial charge in [-0.2, -0.15) is 0 Å². The molecule has 0 aliphatic carbocycles. The highest BCUT2D eigenvalue weighted by Crippen LogP contribution is 2.48. The molecule has 1 saturated heterocycles. The van der Waals surface area contributed by atoms with Gasteiger partial charge in [0, 0.05) is 47.7 Å². The van der Waals surface area contributed by atoms with Crippen molar-refractivity contribution in [3.8, 4) is 0 Å². The Bertz CT molecular complexity index is 1950. The third-order valence-electron chi connectivity index (χ3n) is 9.97. The van der Waals surface area contributed by atoms with Crippen molar-refractivity contribution in [2.45, 2.75) is 100 Å². The Morgan fingerprint density at radius 1 is 1.00 bits per heavy atom. The summed E-state index contributed by atoms with van der Waals surface area (Å²) in [5, 5.41) is 8.21. The molecule has 3 atom stereocenters. The first-order valence-electron chi connectivity index (χ1n) is 17.1. The van der Waals surface area contributed by atoms with Crippen LogP contribution in [0.2, 0.25) is 0 Å². The fraction of sp³-hybridized carbons (Fsp3) is 0.514. The first-order chi connectivity index (χ1) is 23.7. The van der Waals surface area contributed by atoms with Crippen LogP contribution in [0.1, 0.15) is 72.4 Å². The molecule has 1 fully saturated rings. The lowest BCUT2D eigenvalue weighted by Crippen LogP contribution is -2.64. The summed E-state index contributed by atoms with van der Waals surface area (Å²) in [5.74, 6) is -2.26. The van der Waals surface area contributed by atoms with Crippen LogP contribution in [0.25, 0.3) is 10.9 Å². The monoisotopic (exact) mass is 723 g/mol. The summed E-state index contributed by atoms with van der Waals surface area (Å²) in [6.45, 7) is 11.1. The fourth-order valence-corrected chi connectivity index (χ4v) is 9.07. The summed E-state index contributed by atoms with van der Waals surface area (Å²) in [4.78, 5) is 59.0. The normalized spacial score (nSPS) is 19.9. The SMILES string of the molecule is COC(=O)C(C)(C)S(=O)(=O)C1CC2(CCN1C(=O)[C@@H](Cc1c[nH]c3ccccc13)NC(=O)C(C)(C)NC(=O)OC(C)(C)C)CNc1ccccc12. The molecule has 276 valence electrons. The number of aromatic amines is 1. The maximum Gasteiger partial charge on any atom is 0.408 e. The van der Waals surface area contributed by atoms with Gasteiger partial charge in [0.05, 0.1) is 7.11 Å². The van der Waals surface area contributed by atoms with Gasteiger partial charge in [0.2, 0.25) is 11.8 Å². The number of H-pyrrole nitrogens is 1. The second kappa shape index (κ2) is 13.5. The number of carbonyl (C=O) groups is 4. The summed E-state index contributed by atoms with van der Waals surface area (Å²) in [7, 11) is -3.32. The maximum atomic E-state index is 14.9. The summed E-state index contributed by atoms with van der Waals surface area (Å²) in [6, 6.07) is 13.9. The number of likely N-dealkylation sites (tertiary alicyclic amines) is 1. The number of sulfone groups is 1. The van der Waals surface area contributed by atoms with Gasteiger partial charge in [0.15, 0.2) is 14.6 Å². The second-order valence-corrected chi connectivity index (χ2v) is 18.2. The Morgan fingerprint density at radius 2 is 1.67 bits per heavy atom. The van der Waals surface area contributed by atoms with Crippen LogP contribution < -0.4 is 16.0 Å². The largest absolute Gasteiger partial charge is 0.468 e. The molecule has 0 bridgehead atoms. The highest BCUT2D eigenvalue weighted by molar-refractivity contribution is 7.94. The van der Waals surface area contributed by atoms with Gasteiger partial charge >= 0.3 is 12.1 Å². The number of hydrogen-bond donors (Lipinski definition) is 4. The van der Waals surface area contributed by atoms with Crippen molar-refractivity contribution in [1.82, 2.24) is 20.5 Å². The average molecular weight is 724 g/mol. The zero-order valence-electron chi connectivity index (χ0n) is 30.5. The standard InChI is InChI=1S/C37H49N5O8S/c1-34(2,3)50-33(46)41-35(4,5)31(44)40-28(19-23-21-38-26-15-11-9-13-24(23)26)30(43)42-18-17-37(22-39-27-16-12-10-14-25(27)37)20-29(42)51(47,48)36(6,7)32(45)49-8/h9-16,21,28-29,38-39H,17-20,22H2,1-8H3,(H,40,44)(H,41,46)/t28-,29?,37?/m1/s1. The average Bonchev–Trinajstić information content (AvgIpc) is 3.63. The minimum atomic E-state index is -4.44. The van der Waals surface area contributed by atoms with Crippen molar-refractivity contribution in [2.75, 3.05) is 25.5 Å². The van der Waals surface area contributed by atoms with Crippen LogP contribution in [-0.4, -0.2) is 89.7 Å². The van der Waals surface area contributed by atoms with E-state index in [9.17, 15) is 27.6 Å². The van der Waals surface area contributed by atoms with Crippen LogP contribution in [0.15, 0.2) is 54.7 Å². The molecule has 13 nitrogen and oxygen atoms in total. The van der Waals surface area contributed by atoms with Crippen molar-refractivity contribution >= 4 is 50.3 Å². The Hall–Kier alpha value is -4.59. The number of aromatic nitrogens is 1. The topological polar surface area (TPSA) is 176 Å². The number of nitrogens with zero attached hydrogens (tertiary/aromatic N) is 1. The van der Waals surface area contributed by atoms with E-state index in [1.165, 1.54) is 32.6 Å². The molecule has 4 N–H and O–H groups in total. The van der Waals surface area contributed by atoms with Crippen molar-refractivity contribution in [2.24, 2.45) is 0 Å². The second-order valence-electron chi connectivity index (χ2n) is 15.5. The number of rotatable bonds is 9. The number of alkyl carbamates (subject to hydrolysis) is 1. The molecule has 2 aliphatic rings. The Kier molecular flexibility index (Phi) is 9.98. The molecular weight excluding hydrogens is 675 g/mol. The highest BCUT2D eigenvalue weighted by atomic mass is 32.2. The van der Waals surface area contributed by atoms with Crippen molar-refractivity contribution in [3.05, 3.63) is 65.9 Å². The van der Waals surface area contributed by atoms with Gasteiger partial charge in [-0.3, -0.25) is 14.4 Å². The number of fused-ring (bicyclic) bond motifs is 3. The number of methoxy groups -OCH3 is 1. The van der Waals surface area contributed by atoms with Crippen LogP contribution in [0.5, 0.6) is 0 Å². The van der Waals surface area contributed by atoms with Crippen LogP contribution >= 0.6 is 0 Å². The first kappa shape index (κ1) is 37.7. The number of esters is 1. The number of benzene rings is 2. The molecule has 51 heavy (non-hydrogen) atoms. The molecule has 1 spiro atoms. The van der Waals surface area contributed by atoms with Gasteiger partial charge in [0.1, 0.15) is 22.6 Å². The van der Waals surface area contributed by atoms with Crippen molar-refractivity contribution in [1.29, 1.82) is 0 Å². The Labute approximate surface area is 299 Å². The zero-order chi connectivity index (χ0) is 37.6. The highest BCUT2D eigenvalue weighted by Gasteiger charge is 2.56. The van der Waals surface area contributed by atoms with Gasteiger partial charge in [-0.15, -0.1) is 0 Å². The van der Waals surface area contributed by atoms with Gasteiger partial charge in [-0.25, -0.2) is 13.2 Å². The molecular formula is C37H49N5O8S. The lowest BCUT2D eigenvalue weighted by molar-refractivity contribution is -0.143. The maximum absolute atomic E-state index is 14.9. The predicted molar refractivity (Wildman–Crippen MR) is 194 cm³/mol. The number of hydrogen-bond acceptors (Lipinski definition) is 9. The third kappa shape index (κ3) is 7.28. The summed E-state index contributed by atoms with van der Waals surface area (Å²) in [5.41, 5.74) is 0.417.